The first kappa shape index (κ1) is 9.21. The van der Waals surface area contributed by atoms with Crippen molar-refractivity contribution < 1.29 is 4.79 Å². The maximum absolute atomic E-state index is 11.2. The summed E-state index contributed by atoms with van der Waals surface area (Å²) in [4.78, 5) is 15.4. The second kappa shape index (κ2) is 3.10. The Morgan fingerprint density at radius 3 is 2.86 bits per heavy atom. The van der Waals surface area contributed by atoms with Gasteiger partial charge in [0.15, 0.2) is 5.78 Å². The summed E-state index contributed by atoms with van der Waals surface area (Å²) in [5.74, 6) is -0.0295. The Morgan fingerprint density at radius 2 is 2.21 bits per heavy atom. The molecule has 0 saturated carbocycles. The number of carbonyl (C=O) groups is 1. The number of rotatable bonds is 1. The molecule has 0 aliphatic carbocycles. The van der Waals surface area contributed by atoms with Gasteiger partial charge in [0.25, 0.3) is 0 Å². The van der Waals surface area contributed by atoms with Crippen LogP contribution in [0.4, 0.5) is 0 Å². The highest BCUT2D eigenvalue weighted by atomic mass is 35.5. The molecule has 0 saturated heterocycles. The quantitative estimate of drug-likeness (QED) is 0.675. The number of benzene rings is 1. The molecule has 1 aromatic heterocycles. The fraction of sp³-hybridized carbons (Fsp3) is 0.200. The second-order valence-corrected chi connectivity index (χ2v) is 3.64. The molecule has 14 heavy (non-hydrogen) atoms. The highest BCUT2D eigenvalue weighted by molar-refractivity contribution is 6.34. The fourth-order valence-corrected chi connectivity index (χ4v) is 1.71. The number of hydrogen-bond acceptors (Lipinski definition) is 2. The summed E-state index contributed by atoms with van der Waals surface area (Å²) in [6, 6.07) is 3.49. The van der Waals surface area contributed by atoms with Crippen LogP contribution in [-0.2, 0) is 7.05 Å². The maximum Gasteiger partial charge on any atom is 0.161 e. The minimum Gasteiger partial charge on any atom is -0.334 e. The molecule has 2 aromatic rings. The van der Waals surface area contributed by atoms with E-state index < -0.39 is 0 Å². The molecular formula is C10H9ClN2O. The molecule has 72 valence electrons. The number of Topliss-reactive ketones (excluding diaryl/α,β-unsaturated/α-hetero) is 1. The van der Waals surface area contributed by atoms with E-state index in [0.717, 1.165) is 11.0 Å². The SMILES string of the molecule is CC(=O)c1cc2c(cc1Cl)ncn2C. The van der Waals surface area contributed by atoms with Gasteiger partial charge in [-0.25, -0.2) is 4.98 Å². The average molecular weight is 209 g/mol. The monoisotopic (exact) mass is 208 g/mol. The third-order valence-corrected chi connectivity index (χ3v) is 2.51. The van der Waals surface area contributed by atoms with Crippen LogP contribution < -0.4 is 0 Å². The largest absolute Gasteiger partial charge is 0.334 e. The summed E-state index contributed by atoms with van der Waals surface area (Å²) in [5, 5.41) is 0.462. The van der Waals surface area contributed by atoms with Crippen LogP contribution in [0.2, 0.25) is 5.02 Å². The van der Waals surface area contributed by atoms with E-state index in [0.29, 0.717) is 10.6 Å². The van der Waals surface area contributed by atoms with Crippen molar-refractivity contribution in [3.63, 3.8) is 0 Å². The zero-order valence-corrected chi connectivity index (χ0v) is 8.67. The number of ketones is 1. The van der Waals surface area contributed by atoms with E-state index in [1.165, 1.54) is 6.92 Å². The predicted molar refractivity (Wildman–Crippen MR) is 55.7 cm³/mol. The van der Waals surface area contributed by atoms with Crippen LogP contribution in [0.25, 0.3) is 11.0 Å². The molecule has 0 aliphatic rings. The molecule has 0 amide bonds. The number of carbonyl (C=O) groups excluding carboxylic acids is 1. The Morgan fingerprint density at radius 1 is 1.50 bits per heavy atom. The van der Waals surface area contributed by atoms with Gasteiger partial charge < -0.3 is 4.57 Å². The molecule has 0 radical (unpaired) electrons. The van der Waals surface area contributed by atoms with Crippen LogP contribution in [-0.4, -0.2) is 15.3 Å². The number of fused-ring (bicyclic) bond motifs is 1. The molecule has 3 nitrogen and oxygen atoms in total. The number of imidazole rings is 1. The topological polar surface area (TPSA) is 34.9 Å². The van der Waals surface area contributed by atoms with Gasteiger partial charge in [0.2, 0.25) is 0 Å². The lowest BCUT2D eigenvalue weighted by Crippen LogP contribution is -1.94. The maximum atomic E-state index is 11.2. The smallest absolute Gasteiger partial charge is 0.161 e. The fourth-order valence-electron chi connectivity index (χ4n) is 1.42. The summed E-state index contributed by atoms with van der Waals surface area (Å²) in [6.45, 7) is 1.50. The second-order valence-electron chi connectivity index (χ2n) is 3.23. The van der Waals surface area contributed by atoms with E-state index in [1.807, 2.05) is 11.6 Å². The highest BCUT2D eigenvalue weighted by Gasteiger charge is 2.09. The van der Waals surface area contributed by atoms with E-state index in [9.17, 15) is 4.79 Å². The third kappa shape index (κ3) is 1.30. The lowest BCUT2D eigenvalue weighted by atomic mass is 10.1. The minimum atomic E-state index is -0.0295. The van der Waals surface area contributed by atoms with Gasteiger partial charge in [-0.2, -0.15) is 0 Å². The van der Waals surface area contributed by atoms with Crippen molar-refractivity contribution >= 4 is 28.4 Å². The summed E-state index contributed by atoms with van der Waals surface area (Å²) >= 11 is 5.94. The van der Waals surface area contributed by atoms with E-state index in [2.05, 4.69) is 4.98 Å². The number of aromatic nitrogens is 2. The van der Waals surface area contributed by atoms with Crippen LogP contribution in [0.5, 0.6) is 0 Å². The zero-order valence-electron chi connectivity index (χ0n) is 7.91. The Hall–Kier alpha value is -1.35. The Kier molecular flexibility index (Phi) is 2.04. The average Bonchev–Trinajstić information content (AvgIpc) is 2.46. The molecule has 0 N–H and O–H groups in total. The molecule has 0 unspecified atom stereocenters. The molecule has 1 aromatic carbocycles. The Bertz CT molecular complexity index is 516. The molecule has 0 spiro atoms. The summed E-state index contributed by atoms with van der Waals surface area (Å²) in [5.41, 5.74) is 2.27. The van der Waals surface area contributed by atoms with E-state index in [1.54, 1.807) is 18.5 Å². The molecule has 2 rings (SSSR count). The number of halogens is 1. The first-order valence-electron chi connectivity index (χ1n) is 4.21. The van der Waals surface area contributed by atoms with Crippen molar-refractivity contribution in [3.8, 4) is 0 Å². The highest BCUT2D eigenvalue weighted by Crippen LogP contribution is 2.23. The molecular weight excluding hydrogens is 200 g/mol. The van der Waals surface area contributed by atoms with Crippen molar-refractivity contribution in [1.82, 2.24) is 9.55 Å². The minimum absolute atomic E-state index is 0.0295. The van der Waals surface area contributed by atoms with Crippen LogP contribution in [0.3, 0.4) is 0 Å². The van der Waals surface area contributed by atoms with Gasteiger partial charge in [-0.1, -0.05) is 11.6 Å². The lowest BCUT2D eigenvalue weighted by Gasteiger charge is -2.00. The number of aryl methyl sites for hydroxylation is 1. The molecule has 4 heteroatoms. The summed E-state index contributed by atoms with van der Waals surface area (Å²) in [7, 11) is 1.88. The van der Waals surface area contributed by atoms with Crippen LogP contribution in [0, 0.1) is 0 Å². The van der Waals surface area contributed by atoms with Crippen LogP contribution in [0.15, 0.2) is 18.5 Å². The van der Waals surface area contributed by atoms with Crippen molar-refractivity contribution in [2.45, 2.75) is 6.92 Å². The van der Waals surface area contributed by atoms with Gasteiger partial charge in [-0.3, -0.25) is 4.79 Å². The van der Waals surface area contributed by atoms with Crippen molar-refractivity contribution in [3.05, 3.63) is 29.0 Å². The van der Waals surface area contributed by atoms with Gasteiger partial charge in [0.05, 0.1) is 22.4 Å². The van der Waals surface area contributed by atoms with Gasteiger partial charge in [-0.05, 0) is 19.1 Å². The first-order valence-corrected chi connectivity index (χ1v) is 4.59. The van der Waals surface area contributed by atoms with Gasteiger partial charge in [0, 0.05) is 12.6 Å². The lowest BCUT2D eigenvalue weighted by molar-refractivity contribution is 0.101. The Balaban J connectivity index is 2.80. The van der Waals surface area contributed by atoms with Crippen molar-refractivity contribution in [1.29, 1.82) is 0 Å². The van der Waals surface area contributed by atoms with E-state index in [-0.39, 0.29) is 5.78 Å². The molecule has 0 fully saturated rings. The number of hydrogen-bond donors (Lipinski definition) is 0. The predicted octanol–water partition coefficient (Wildman–Crippen LogP) is 2.43. The molecule has 0 atom stereocenters. The summed E-state index contributed by atoms with van der Waals surface area (Å²) < 4.78 is 1.86. The van der Waals surface area contributed by atoms with Gasteiger partial charge >= 0.3 is 0 Å². The zero-order chi connectivity index (χ0) is 10.3. The molecule has 1 heterocycles. The van der Waals surface area contributed by atoms with Crippen molar-refractivity contribution in [2.75, 3.05) is 0 Å². The van der Waals surface area contributed by atoms with Crippen molar-refractivity contribution in [2.24, 2.45) is 7.05 Å². The van der Waals surface area contributed by atoms with Crippen LogP contribution >= 0.6 is 11.6 Å². The van der Waals surface area contributed by atoms with Crippen LogP contribution in [0.1, 0.15) is 17.3 Å². The van der Waals surface area contributed by atoms with Gasteiger partial charge in [0.1, 0.15) is 0 Å². The summed E-state index contributed by atoms with van der Waals surface area (Å²) in [6.07, 6.45) is 1.70. The van der Waals surface area contributed by atoms with Gasteiger partial charge in [-0.15, -0.1) is 0 Å². The van der Waals surface area contributed by atoms with E-state index in [4.69, 9.17) is 11.6 Å². The number of nitrogens with zero attached hydrogens (tertiary/aromatic N) is 2. The first-order chi connectivity index (χ1) is 6.59. The normalized spacial score (nSPS) is 10.8. The molecule has 0 bridgehead atoms. The Labute approximate surface area is 86.3 Å². The molecule has 0 aliphatic heterocycles. The third-order valence-electron chi connectivity index (χ3n) is 2.19. The standard InChI is InChI=1S/C10H9ClN2O/c1-6(14)7-3-10-9(4-8(7)11)12-5-13(10)2/h3-5H,1-2H3. The van der Waals surface area contributed by atoms with E-state index >= 15 is 0 Å².